The fourth-order valence-electron chi connectivity index (χ4n) is 1.80. The third-order valence-electron chi connectivity index (χ3n) is 3.69. The van der Waals surface area contributed by atoms with Gasteiger partial charge in [0.1, 0.15) is 0 Å². The Morgan fingerprint density at radius 3 is 2.44 bits per heavy atom. The Hall–Kier alpha value is -1.56. The summed E-state index contributed by atoms with van der Waals surface area (Å²) < 4.78 is 0. The van der Waals surface area contributed by atoms with E-state index in [0.29, 0.717) is 16.5 Å². The van der Waals surface area contributed by atoms with Gasteiger partial charge in [0.05, 0.1) is 5.69 Å². The van der Waals surface area contributed by atoms with Crippen LogP contribution in [0.1, 0.15) is 36.2 Å². The van der Waals surface area contributed by atoms with Crippen molar-refractivity contribution >= 4 is 41.4 Å². The molecule has 1 N–H and O–H groups in total. The highest BCUT2D eigenvalue weighted by Gasteiger charge is 2.10. The summed E-state index contributed by atoms with van der Waals surface area (Å²) in [6.45, 7) is 4.33. The Labute approximate surface area is 160 Å². The molecule has 2 aromatic rings. The van der Waals surface area contributed by atoms with E-state index in [1.54, 1.807) is 18.5 Å². The fraction of sp³-hybridized carbons (Fsp3) is 0.300. The van der Waals surface area contributed by atoms with Crippen LogP contribution < -0.4 is 5.32 Å². The lowest BCUT2D eigenvalue weighted by atomic mass is 10.1. The van der Waals surface area contributed by atoms with E-state index in [0.717, 1.165) is 11.3 Å². The Bertz CT molecular complexity index is 683. The number of nitrogens with zero attached hydrogens (tertiary/aromatic N) is 1. The summed E-state index contributed by atoms with van der Waals surface area (Å²) in [7, 11) is 1.98. The van der Waals surface area contributed by atoms with Crippen molar-refractivity contribution in [3.63, 3.8) is 0 Å². The van der Waals surface area contributed by atoms with Crippen molar-refractivity contribution in [3.05, 3.63) is 59.7 Å². The van der Waals surface area contributed by atoms with Gasteiger partial charge in [-0.05, 0) is 44.8 Å². The normalized spacial score (nSPS) is 11.7. The average molecular weight is 375 g/mol. The molecule has 3 nitrogen and oxygen atoms in total. The Morgan fingerprint density at radius 2 is 1.92 bits per heavy atom. The van der Waals surface area contributed by atoms with Gasteiger partial charge in [-0.25, -0.2) is 0 Å². The first-order valence-electron chi connectivity index (χ1n) is 8.20. The Morgan fingerprint density at radius 1 is 1.24 bits per heavy atom. The van der Waals surface area contributed by atoms with Crippen LogP contribution in [0.5, 0.6) is 0 Å². The molecule has 0 saturated carbocycles. The standard InChI is InChI=1S/C15H13NOS2.C5H13N/c1-19-15(17)13-9-5-6-11(14(13)18)10-16-12-7-3-2-4-8-12;1-4-5(2)6-3/h2-10,18H,1H3;5-6H,4H2,1-3H3. The number of thioether (sulfide) groups is 1. The molecule has 2 aromatic carbocycles. The van der Waals surface area contributed by atoms with E-state index in [9.17, 15) is 4.79 Å². The second-order valence-electron chi connectivity index (χ2n) is 5.43. The molecule has 0 aliphatic carbocycles. The largest absolute Gasteiger partial charge is 0.317 e. The van der Waals surface area contributed by atoms with Gasteiger partial charge in [-0.15, -0.1) is 12.6 Å². The molecule has 2 rings (SSSR count). The van der Waals surface area contributed by atoms with E-state index >= 15 is 0 Å². The molecule has 0 aromatic heterocycles. The zero-order valence-electron chi connectivity index (χ0n) is 15.2. The van der Waals surface area contributed by atoms with Crippen molar-refractivity contribution in [2.75, 3.05) is 13.3 Å². The molecule has 1 unspecified atom stereocenters. The van der Waals surface area contributed by atoms with Crippen LogP contribution in [0.4, 0.5) is 5.69 Å². The summed E-state index contributed by atoms with van der Waals surface area (Å²) in [6.07, 6.45) is 4.71. The van der Waals surface area contributed by atoms with Crippen LogP contribution >= 0.6 is 24.4 Å². The summed E-state index contributed by atoms with van der Waals surface area (Å²) in [6, 6.07) is 15.9. The maximum Gasteiger partial charge on any atom is 0.220 e. The van der Waals surface area contributed by atoms with Gasteiger partial charge in [0.2, 0.25) is 5.12 Å². The van der Waals surface area contributed by atoms with Gasteiger partial charge in [-0.3, -0.25) is 9.79 Å². The number of benzene rings is 2. The summed E-state index contributed by atoms with van der Waals surface area (Å²) in [5.41, 5.74) is 2.33. The molecule has 0 heterocycles. The minimum atomic E-state index is 0.0139. The first kappa shape index (κ1) is 21.5. The number of nitrogens with one attached hydrogen (secondary N) is 1. The number of hydrogen-bond donors (Lipinski definition) is 2. The minimum Gasteiger partial charge on any atom is -0.317 e. The molecular formula is C20H26N2OS2. The van der Waals surface area contributed by atoms with Crippen molar-refractivity contribution in [2.45, 2.75) is 31.2 Å². The van der Waals surface area contributed by atoms with Crippen molar-refractivity contribution in [1.29, 1.82) is 0 Å². The zero-order valence-corrected chi connectivity index (χ0v) is 16.9. The molecule has 0 spiro atoms. The molecule has 25 heavy (non-hydrogen) atoms. The van der Waals surface area contributed by atoms with Gasteiger partial charge in [-0.2, -0.15) is 0 Å². The molecule has 0 aliphatic rings. The van der Waals surface area contributed by atoms with Crippen molar-refractivity contribution in [1.82, 2.24) is 5.32 Å². The first-order valence-corrected chi connectivity index (χ1v) is 9.87. The third-order valence-corrected chi connectivity index (χ3v) is 4.78. The number of para-hydroxylation sites is 1. The van der Waals surface area contributed by atoms with E-state index < -0.39 is 0 Å². The second kappa shape index (κ2) is 11.9. The van der Waals surface area contributed by atoms with Crippen LogP contribution in [-0.2, 0) is 0 Å². The molecule has 0 bridgehead atoms. The smallest absolute Gasteiger partial charge is 0.220 e. The van der Waals surface area contributed by atoms with E-state index in [-0.39, 0.29) is 5.12 Å². The molecule has 1 atom stereocenters. The van der Waals surface area contributed by atoms with Gasteiger partial charge >= 0.3 is 0 Å². The molecule has 0 aliphatic heterocycles. The number of carbonyl (C=O) groups is 1. The highest BCUT2D eigenvalue weighted by atomic mass is 32.2. The van der Waals surface area contributed by atoms with Crippen LogP contribution in [0.3, 0.4) is 0 Å². The Kier molecular flexibility index (Phi) is 10.2. The van der Waals surface area contributed by atoms with Crippen LogP contribution in [0, 0.1) is 0 Å². The molecule has 0 radical (unpaired) electrons. The Balaban J connectivity index is 0.000000450. The third kappa shape index (κ3) is 7.46. The highest BCUT2D eigenvalue weighted by Crippen LogP contribution is 2.22. The predicted molar refractivity (Wildman–Crippen MR) is 114 cm³/mol. The van der Waals surface area contributed by atoms with Crippen LogP contribution in [0.2, 0.25) is 0 Å². The minimum absolute atomic E-state index is 0.0139. The molecule has 5 heteroatoms. The quantitative estimate of drug-likeness (QED) is 0.556. The number of hydrogen-bond acceptors (Lipinski definition) is 5. The number of aliphatic imine (C=N–C) groups is 1. The highest BCUT2D eigenvalue weighted by molar-refractivity contribution is 8.13. The van der Waals surface area contributed by atoms with Crippen molar-refractivity contribution in [2.24, 2.45) is 4.99 Å². The van der Waals surface area contributed by atoms with Gasteiger partial charge in [-0.1, -0.05) is 49.0 Å². The van der Waals surface area contributed by atoms with Crippen molar-refractivity contribution < 1.29 is 4.79 Å². The number of rotatable bonds is 5. The van der Waals surface area contributed by atoms with Crippen LogP contribution in [0.25, 0.3) is 0 Å². The summed E-state index contributed by atoms with van der Waals surface area (Å²) in [4.78, 5) is 16.8. The number of carbonyl (C=O) groups excluding carboxylic acids is 1. The lowest BCUT2D eigenvalue weighted by Gasteiger charge is -2.05. The van der Waals surface area contributed by atoms with Crippen LogP contribution in [-0.4, -0.2) is 30.7 Å². The van der Waals surface area contributed by atoms with E-state index in [1.165, 1.54) is 18.2 Å². The fourth-order valence-corrected chi connectivity index (χ4v) is 2.58. The lowest BCUT2D eigenvalue weighted by Crippen LogP contribution is -2.19. The van der Waals surface area contributed by atoms with Gasteiger partial charge < -0.3 is 5.32 Å². The van der Waals surface area contributed by atoms with Gasteiger partial charge in [0.15, 0.2) is 0 Å². The summed E-state index contributed by atoms with van der Waals surface area (Å²) >= 11 is 5.61. The van der Waals surface area contributed by atoms with E-state index in [2.05, 4.69) is 36.8 Å². The van der Waals surface area contributed by atoms with Crippen LogP contribution in [0.15, 0.2) is 58.4 Å². The zero-order chi connectivity index (χ0) is 18.7. The SMILES string of the molecule is CCC(C)NC.CSC(=O)c1cccc(C=Nc2ccccc2)c1S. The van der Waals surface area contributed by atoms with E-state index in [1.807, 2.05) is 49.5 Å². The second-order valence-corrected chi connectivity index (χ2v) is 6.65. The molecular weight excluding hydrogens is 348 g/mol. The maximum atomic E-state index is 11.7. The van der Waals surface area contributed by atoms with Gasteiger partial charge in [0.25, 0.3) is 0 Å². The molecule has 134 valence electrons. The molecule has 0 saturated heterocycles. The monoisotopic (exact) mass is 374 g/mol. The van der Waals surface area contributed by atoms with Gasteiger partial charge in [0, 0.05) is 28.3 Å². The topological polar surface area (TPSA) is 41.5 Å². The number of thiol groups is 1. The summed E-state index contributed by atoms with van der Waals surface area (Å²) in [5.74, 6) is 0. The summed E-state index contributed by atoms with van der Waals surface area (Å²) in [5, 5.41) is 3.13. The first-order chi connectivity index (χ1) is 12.0. The molecule has 0 amide bonds. The van der Waals surface area contributed by atoms with E-state index in [4.69, 9.17) is 0 Å². The lowest BCUT2D eigenvalue weighted by molar-refractivity contribution is 0.108. The van der Waals surface area contributed by atoms with Crippen molar-refractivity contribution in [3.8, 4) is 0 Å². The maximum absolute atomic E-state index is 11.7. The average Bonchev–Trinajstić information content (AvgIpc) is 2.67. The predicted octanol–water partition coefficient (Wildman–Crippen LogP) is 5.23. The molecule has 0 fully saturated rings.